The van der Waals surface area contributed by atoms with E-state index in [0.717, 1.165) is 25.1 Å². The van der Waals surface area contributed by atoms with Crippen molar-refractivity contribution in [3.63, 3.8) is 0 Å². The molecule has 0 saturated heterocycles. The lowest BCUT2D eigenvalue weighted by Gasteiger charge is -2.30. The van der Waals surface area contributed by atoms with Gasteiger partial charge in [-0.05, 0) is 43.0 Å². The minimum atomic E-state index is -0.548. The van der Waals surface area contributed by atoms with Crippen LogP contribution >= 0.6 is 0 Å². The van der Waals surface area contributed by atoms with Gasteiger partial charge in [0.2, 0.25) is 0 Å². The van der Waals surface area contributed by atoms with Gasteiger partial charge in [-0.1, -0.05) is 30.3 Å². The molecule has 2 amide bonds. The molecule has 1 aliphatic heterocycles. The van der Waals surface area contributed by atoms with Crippen LogP contribution in [0, 0.1) is 6.92 Å². The number of rotatable bonds is 3. The molecular formula is C19H21N3O3. The van der Waals surface area contributed by atoms with E-state index >= 15 is 0 Å². The van der Waals surface area contributed by atoms with Crippen LogP contribution in [0.5, 0.6) is 5.75 Å². The van der Waals surface area contributed by atoms with Gasteiger partial charge in [0.15, 0.2) is 0 Å². The van der Waals surface area contributed by atoms with Crippen LogP contribution in [0.15, 0.2) is 42.5 Å². The van der Waals surface area contributed by atoms with E-state index in [9.17, 15) is 14.7 Å². The fraction of sp³-hybridized carbons (Fsp3) is 0.263. The van der Waals surface area contributed by atoms with Crippen molar-refractivity contribution in [2.45, 2.75) is 19.8 Å². The Morgan fingerprint density at radius 2 is 1.92 bits per heavy atom. The fourth-order valence-electron chi connectivity index (χ4n) is 3.02. The van der Waals surface area contributed by atoms with Crippen LogP contribution in [0.3, 0.4) is 0 Å². The average Bonchev–Trinajstić information content (AvgIpc) is 2.62. The van der Waals surface area contributed by atoms with Gasteiger partial charge in [0.1, 0.15) is 5.75 Å². The Morgan fingerprint density at radius 3 is 2.76 bits per heavy atom. The maximum absolute atomic E-state index is 12.2. The van der Waals surface area contributed by atoms with E-state index in [1.165, 1.54) is 11.6 Å². The predicted molar refractivity (Wildman–Crippen MR) is 95.4 cm³/mol. The van der Waals surface area contributed by atoms with Crippen LogP contribution in [-0.4, -0.2) is 30.0 Å². The summed E-state index contributed by atoms with van der Waals surface area (Å²) >= 11 is 0. The average molecular weight is 339 g/mol. The van der Waals surface area contributed by atoms with Crippen molar-refractivity contribution >= 4 is 17.5 Å². The number of carbonyl (C=O) groups is 2. The highest BCUT2D eigenvalue weighted by atomic mass is 16.3. The topological polar surface area (TPSA) is 81.7 Å². The Hall–Kier alpha value is -3.02. The Labute approximate surface area is 146 Å². The number of anilines is 1. The summed E-state index contributed by atoms with van der Waals surface area (Å²) < 4.78 is 0. The van der Waals surface area contributed by atoms with Crippen molar-refractivity contribution in [1.82, 2.24) is 10.9 Å². The molecule has 130 valence electrons. The van der Waals surface area contributed by atoms with Crippen LogP contribution in [0.4, 0.5) is 5.69 Å². The number of aryl methyl sites for hydroxylation is 2. The van der Waals surface area contributed by atoms with Crippen molar-refractivity contribution < 1.29 is 14.7 Å². The lowest BCUT2D eigenvalue weighted by Crippen LogP contribution is -2.47. The number of amides is 2. The first-order valence-corrected chi connectivity index (χ1v) is 8.27. The third kappa shape index (κ3) is 3.74. The molecule has 0 bridgehead atoms. The van der Waals surface area contributed by atoms with Gasteiger partial charge in [-0.2, -0.15) is 0 Å². The molecule has 0 aliphatic carbocycles. The quantitative estimate of drug-likeness (QED) is 0.746. The Kier molecular flexibility index (Phi) is 4.88. The van der Waals surface area contributed by atoms with Gasteiger partial charge in [-0.25, -0.2) is 0 Å². The molecule has 3 rings (SSSR count). The summed E-state index contributed by atoms with van der Waals surface area (Å²) in [6, 6.07) is 12.9. The summed E-state index contributed by atoms with van der Waals surface area (Å²) in [6.45, 7) is 2.67. The number of nitrogens with one attached hydrogen (secondary N) is 2. The number of hydrogen-bond donors (Lipinski definition) is 3. The lowest BCUT2D eigenvalue weighted by atomic mass is 10.0. The first-order chi connectivity index (χ1) is 12.1. The van der Waals surface area contributed by atoms with Crippen molar-refractivity contribution in [2.24, 2.45) is 0 Å². The van der Waals surface area contributed by atoms with E-state index in [-0.39, 0.29) is 23.8 Å². The normalized spacial score (nSPS) is 13.1. The van der Waals surface area contributed by atoms with Crippen LogP contribution in [0.2, 0.25) is 0 Å². The summed E-state index contributed by atoms with van der Waals surface area (Å²) in [7, 11) is 0. The first kappa shape index (κ1) is 16.8. The van der Waals surface area contributed by atoms with Gasteiger partial charge in [0.25, 0.3) is 11.8 Å². The molecule has 0 saturated carbocycles. The summed E-state index contributed by atoms with van der Waals surface area (Å²) in [5, 5.41) is 9.92. The third-order valence-corrected chi connectivity index (χ3v) is 4.34. The second-order valence-electron chi connectivity index (χ2n) is 6.13. The van der Waals surface area contributed by atoms with Crippen molar-refractivity contribution in [3.05, 3.63) is 59.2 Å². The molecule has 2 aromatic carbocycles. The van der Waals surface area contributed by atoms with Gasteiger partial charge in [0, 0.05) is 12.2 Å². The maximum atomic E-state index is 12.2. The number of carbonyl (C=O) groups excluding carboxylic acids is 2. The number of hydrazine groups is 1. The van der Waals surface area contributed by atoms with Crippen LogP contribution in [-0.2, 0) is 11.2 Å². The SMILES string of the molecule is Cc1cccc(C(=O)NNC(=O)CN2CCCc3ccccc32)c1O. The van der Waals surface area contributed by atoms with E-state index in [0.29, 0.717) is 5.56 Å². The van der Waals surface area contributed by atoms with Gasteiger partial charge in [-0.15, -0.1) is 0 Å². The Morgan fingerprint density at radius 1 is 1.12 bits per heavy atom. The monoisotopic (exact) mass is 339 g/mol. The van der Waals surface area contributed by atoms with Gasteiger partial charge < -0.3 is 10.0 Å². The summed E-state index contributed by atoms with van der Waals surface area (Å²) in [6.07, 6.45) is 2.01. The second-order valence-corrected chi connectivity index (χ2v) is 6.13. The number of aromatic hydroxyl groups is 1. The van der Waals surface area contributed by atoms with Gasteiger partial charge in [-0.3, -0.25) is 20.4 Å². The number of phenols is 1. The minimum Gasteiger partial charge on any atom is -0.507 e. The van der Waals surface area contributed by atoms with Crippen LogP contribution in [0.1, 0.15) is 27.9 Å². The minimum absolute atomic E-state index is 0.0841. The molecule has 0 aromatic heterocycles. The highest BCUT2D eigenvalue weighted by molar-refractivity contribution is 5.98. The standard InChI is InChI=1S/C19H21N3O3/c1-13-6-4-9-15(18(13)24)19(25)21-20-17(23)12-22-11-5-8-14-7-2-3-10-16(14)22/h2-4,6-7,9-10,24H,5,8,11-12H2,1H3,(H,20,23)(H,21,25). The molecule has 2 aromatic rings. The molecule has 0 radical (unpaired) electrons. The highest BCUT2D eigenvalue weighted by Gasteiger charge is 2.19. The number of benzene rings is 2. The zero-order valence-corrected chi connectivity index (χ0v) is 14.1. The fourth-order valence-corrected chi connectivity index (χ4v) is 3.02. The van der Waals surface area contributed by atoms with E-state index in [1.54, 1.807) is 19.1 Å². The molecule has 0 unspecified atom stereocenters. The summed E-state index contributed by atoms with van der Waals surface area (Å²) in [5.74, 6) is -0.940. The van der Waals surface area contributed by atoms with E-state index in [2.05, 4.69) is 16.9 Å². The van der Waals surface area contributed by atoms with E-state index < -0.39 is 5.91 Å². The number of hydrogen-bond acceptors (Lipinski definition) is 4. The molecular weight excluding hydrogens is 318 g/mol. The summed E-state index contributed by atoms with van der Waals surface area (Å²) in [4.78, 5) is 26.3. The molecule has 3 N–H and O–H groups in total. The van der Waals surface area contributed by atoms with E-state index in [4.69, 9.17) is 0 Å². The van der Waals surface area contributed by atoms with Crippen molar-refractivity contribution in [3.8, 4) is 5.75 Å². The number of para-hydroxylation sites is 2. The smallest absolute Gasteiger partial charge is 0.273 e. The number of fused-ring (bicyclic) bond motifs is 1. The summed E-state index contributed by atoms with van der Waals surface area (Å²) in [5.41, 5.74) is 7.79. The van der Waals surface area contributed by atoms with Crippen LogP contribution < -0.4 is 15.8 Å². The Balaban J connectivity index is 1.59. The van der Waals surface area contributed by atoms with Crippen molar-refractivity contribution in [1.29, 1.82) is 0 Å². The maximum Gasteiger partial charge on any atom is 0.273 e. The molecule has 25 heavy (non-hydrogen) atoms. The first-order valence-electron chi connectivity index (χ1n) is 8.27. The zero-order chi connectivity index (χ0) is 17.8. The van der Waals surface area contributed by atoms with Crippen LogP contribution in [0.25, 0.3) is 0 Å². The predicted octanol–water partition coefficient (Wildman–Crippen LogP) is 1.91. The lowest BCUT2D eigenvalue weighted by molar-refractivity contribution is -0.120. The molecule has 1 aliphatic rings. The molecule has 0 spiro atoms. The molecule has 6 nitrogen and oxygen atoms in total. The van der Waals surface area contributed by atoms with E-state index in [1.807, 2.05) is 23.1 Å². The highest BCUT2D eigenvalue weighted by Crippen LogP contribution is 2.26. The van der Waals surface area contributed by atoms with Crippen molar-refractivity contribution in [2.75, 3.05) is 18.0 Å². The molecule has 6 heteroatoms. The molecule has 0 atom stereocenters. The largest absolute Gasteiger partial charge is 0.507 e. The van der Waals surface area contributed by atoms with Gasteiger partial charge >= 0.3 is 0 Å². The second kappa shape index (κ2) is 7.25. The Bertz CT molecular complexity index is 804. The molecule has 1 heterocycles. The molecule has 0 fully saturated rings. The number of nitrogens with zero attached hydrogens (tertiary/aromatic N) is 1. The third-order valence-electron chi connectivity index (χ3n) is 4.34. The van der Waals surface area contributed by atoms with Gasteiger partial charge in [0.05, 0.1) is 12.1 Å². The zero-order valence-electron chi connectivity index (χ0n) is 14.1. The number of phenolic OH excluding ortho intramolecular Hbond substituents is 1.